The Morgan fingerprint density at radius 3 is 2.31 bits per heavy atom. The van der Waals surface area contributed by atoms with E-state index in [9.17, 15) is 4.79 Å². The van der Waals surface area contributed by atoms with Crippen LogP contribution in [0.2, 0.25) is 5.02 Å². The molecule has 0 saturated heterocycles. The predicted molar refractivity (Wildman–Crippen MR) is 101 cm³/mol. The lowest BCUT2D eigenvalue weighted by Crippen LogP contribution is -2.39. The number of ether oxygens (including phenoxy) is 3. The Labute approximate surface area is 157 Å². The number of carbonyl (C=O) groups is 1. The van der Waals surface area contributed by atoms with E-state index in [0.717, 1.165) is 17.5 Å². The van der Waals surface area contributed by atoms with Crippen LogP contribution in [-0.4, -0.2) is 38.8 Å². The van der Waals surface area contributed by atoms with Crippen LogP contribution < -0.4 is 19.5 Å². The fourth-order valence-electron chi connectivity index (χ4n) is 3.03. The van der Waals surface area contributed by atoms with E-state index in [-0.39, 0.29) is 6.03 Å². The van der Waals surface area contributed by atoms with Crippen molar-refractivity contribution in [1.29, 1.82) is 0 Å². The molecule has 2 aromatic rings. The summed E-state index contributed by atoms with van der Waals surface area (Å²) < 4.78 is 16.0. The van der Waals surface area contributed by atoms with Crippen molar-refractivity contribution in [1.82, 2.24) is 4.90 Å². The first-order valence-electron chi connectivity index (χ1n) is 8.19. The molecule has 0 aromatic heterocycles. The van der Waals surface area contributed by atoms with Crippen molar-refractivity contribution in [3.63, 3.8) is 0 Å². The van der Waals surface area contributed by atoms with Crippen molar-refractivity contribution in [2.75, 3.05) is 33.2 Å². The molecule has 0 unspecified atom stereocenters. The summed E-state index contributed by atoms with van der Waals surface area (Å²) in [4.78, 5) is 14.4. The summed E-state index contributed by atoms with van der Waals surface area (Å²) in [5, 5.41) is 3.41. The second-order valence-corrected chi connectivity index (χ2v) is 6.36. The smallest absolute Gasteiger partial charge is 0.322 e. The first-order valence-corrected chi connectivity index (χ1v) is 8.56. The standard InChI is InChI=1S/C19H21ClN2O4/c1-24-16-5-4-14(20)10-15(16)21-19(23)22-7-6-12-8-17(25-2)18(26-3)9-13(12)11-22/h4-5,8-10H,6-7,11H2,1-3H3,(H,21,23). The van der Waals surface area contributed by atoms with Crippen LogP contribution in [0.1, 0.15) is 11.1 Å². The minimum atomic E-state index is -0.203. The quantitative estimate of drug-likeness (QED) is 0.877. The second-order valence-electron chi connectivity index (χ2n) is 5.92. The monoisotopic (exact) mass is 376 g/mol. The van der Waals surface area contributed by atoms with Gasteiger partial charge in [0.25, 0.3) is 0 Å². The number of carbonyl (C=O) groups excluding carboxylic acids is 1. The van der Waals surface area contributed by atoms with Gasteiger partial charge in [0.15, 0.2) is 11.5 Å². The number of hydrogen-bond acceptors (Lipinski definition) is 4. The van der Waals surface area contributed by atoms with Gasteiger partial charge in [-0.25, -0.2) is 4.79 Å². The summed E-state index contributed by atoms with van der Waals surface area (Å²) in [6, 6.07) is 8.81. The number of benzene rings is 2. The predicted octanol–water partition coefficient (Wildman–Crippen LogP) is 3.96. The van der Waals surface area contributed by atoms with E-state index in [2.05, 4.69) is 5.32 Å². The summed E-state index contributed by atoms with van der Waals surface area (Å²) in [6.07, 6.45) is 0.746. The average molecular weight is 377 g/mol. The molecule has 2 aromatic carbocycles. The third kappa shape index (κ3) is 3.65. The maximum atomic E-state index is 12.7. The molecule has 1 N–H and O–H groups in total. The average Bonchev–Trinajstić information content (AvgIpc) is 2.66. The first kappa shape index (κ1) is 18.2. The maximum Gasteiger partial charge on any atom is 0.322 e. The van der Waals surface area contributed by atoms with Crippen LogP contribution in [0.15, 0.2) is 30.3 Å². The van der Waals surface area contributed by atoms with Gasteiger partial charge in [0.05, 0.1) is 27.0 Å². The van der Waals surface area contributed by atoms with E-state index < -0.39 is 0 Å². The summed E-state index contributed by atoms with van der Waals surface area (Å²) in [5.74, 6) is 1.92. The molecule has 0 saturated carbocycles. The summed E-state index contributed by atoms with van der Waals surface area (Å²) >= 11 is 6.03. The largest absolute Gasteiger partial charge is 0.495 e. The van der Waals surface area contributed by atoms with Crippen molar-refractivity contribution in [3.8, 4) is 17.2 Å². The molecule has 3 rings (SSSR count). The van der Waals surface area contributed by atoms with Crippen molar-refractivity contribution in [3.05, 3.63) is 46.5 Å². The second kappa shape index (κ2) is 7.74. The molecule has 0 bridgehead atoms. The molecule has 26 heavy (non-hydrogen) atoms. The number of rotatable bonds is 4. The number of urea groups is 1. The molecule has 6 nitrogen and oxygen atoms in total. The Hall–Kier alpha value is -2.60. The number of halogens is 1. The van der Waals surface area contributed by atoms with Crippen LogP contribution in [0.25, 0.3) is 0 Å². The van der Waals surface area contributed by atoms with Crippen LogP contribution in [0.4, 0.5) is 10.5 Å². The van der Waals surface area contributed by atoms with Gasteiger partial charge < -0.3 is 24.4 Å². The molecule has 0 aliphatic carbocycles. The molecule has 0 fully saturated rings. The molecule has 138 valence electrons. The lowest BCUT2D eigenvalue weighted by atomic mass is 9.99. The fraction of sp³-hybridized carbons (Fsp3) is 0.316. The van der Waals surface area contributed by atoms with Crippen LogP contribution in [0.3, 0.4) is 0 Å². The van der Waals surface area contributed by atoms with Gasteiger partial charge >= 0.3 is 6.03 Å². The van der Waals surface area contributed by atoms with Crippen molar-refractivity contribution >= 4 is 23.3 Å². The number of nitrogens with zero attached hydrogens (tertiary/aromatic N) is 1. The summed E-state index contributed by atoms with van der Waals surface area (Å²) in [5.41, 5.74) is 2.75. The van der Waals surface area contributed by atoms with E-state index in [4.69, 9.17) is 25.8 Å². The Morgan fingerprint density at radius 2 is 1.65 bits per heavy atom. The van der Waals surface area contributed by atoms with Gasteiger partial charge in [-0.2, -0.15) is 0 Å². The number of methoxy groups -OCH3 is 3. The third-order valence-corrected chi connectivity index (χ3v) is 4.64. The highest BCUT2D eigenvalue weighted by molar-refractivity contribution is 6.31. The zero-order valence-electron chi connectivity index (χ0n) is 15.0. The number of hydrogen-bond donors (Lipinski definition) is 1. The number of anilines is 1. The minimum Gasteiger partial charge on any atom is -0.495 e. The number of amides is 2. The SMILES string of the molecule is COc1ccc(Cl)cc1NC(=O)N1CCc2cc(OC)c(OC)cc2C1. The minimum absolute atomic E-state index is 0.203. The molecular weight excluding hydrogens is 356 g/mol. The van der Waals surface area contributed by atoms with Gasteiger partial charge in [0.1, 0.15) is 5.75 Å². The maximum absolute atomic E-state index is 12.7. The van der Waals surface area contributed by atoms with E-state index >= 15 is 0 Å². The molecule has 0 radical (unpaired) electrons. The van der Waals surface area contributed by atoms with E-state index in [0.29, 0.717) is 41.0 Å². The van der Waals surface area contributed by atoms with Gasteiger partial charge in [0.2, 0.25) is 0 Å². The topological polar surface area (TPSA) is 60.0 Å². The van der Waals surface area contributed by atoms with Crippen LogP contribution in [0, 0.1) is 0 Å². The highest BCUT2D eigenvalue weighted by atomic mass is 35.5. The fourth-order valence-corrected chi connectivity index (χ4v) is 3.20. The Balaban J connectivity index is 1.78. The molecule has 0 spiro atoms. The Morgan fingerprint density at radius 1 is 1.00 bits per heavy atom. The first-order chi connectivity index (χ1) is 12.5. The van der Waals surface area contributed by atoms with Crippen LogP contribution >= 0.6 is 11.6 Å². The van der Waals surface area contributed by atoms with Crippen molar-refractivity contribution < 1.29 is 19.0 Å². The molecule has 1 aliphatic rings. The number of fused-ring (bicyclic) bond motifs is 1. The van der Waals surface area contributed by atoms with Crippen LogP contribution in [-0.2, 0) is 13.0 Å². The normalized spacial score (nSPS) is 13.0. The van der Waals surface area contributed by atoms with Gasteiger partial charge in [-0.3, -0.25) is 0 Å². The highest BCUT2D eigenvalue weighted by Crippen LogP contribution is 2.34. The Kier molecular flexibility index (Phi) is 5.42. The molecule has 7 heteroatoms. The van der Waals surface area contributed by atoms with E-state index in [1.807, 2.05) is 12.1 Å². The molecule has 0 atom stereocenters. The third-order valence-electron chi connectivity index (χ3n) is 4.41. The number of nitrogens with one attached hydrogen (secondary N) is 1. The van der Waals surface area contributed by atoms with Gasteiger partial charge in [0, 0.05) is 18.1 Å². The van der Waals surface area contributed by atoms with Crippen molar-refractivity contribution in [2.45, 2.75) is 13.0 Å². The lowest BCUT2D eigenvalue weighted by molar-refractivity contribution is 0.206. The van der Waals surface area contributed by atoms with Gasteiger partial charge in [-0.1, -0.05) is 11.6 Å². The summed E-state index contributed by atoms with van der Waals surface area (Å²) in [7, 11) is 4.77. The van der Waals surface area contributed by atoms with Gasteiger partial charge in [-0.05, 0) is 47.9 Å². The van der Waals surface area contributed by atoms with E-state index in [1.54, 1.807) is 44.4 Å². The zero-order valence-corrected chi connectivity index (χ0v) is 15.7. The Bertz CT molecular complexity index is 825. The summed E-state index contributed by atoms with van der Waals surface area (Å²) in [6.45, 7) is 1.10. The molecular formula is C19H21ClN2O4. The van der Waals surface area contributed by atoms with Crippen molar-refractivity contribution in [2.24, 2.45) is 0 Å². The van der Waals surface area contributed by atoms with Gasteiger partial charge in [-0.15, -0.1) is 0 Å². The van der Waals surface area contributed by atoms with Crippen LogP contribution in [0.5, 0.6) is 17.2 Å². The molecule has 2 amide bonds. The molecule has 1 heterocycles. The molecule has 1 aliphatic heterocycles. The zero-order chi connectivity index (χ0) is 18.7. The lowest BCUT2D eigenvalue weighted by Gasteiger charge is -2.30. The van der Waals surface area contributed by atoms with E-state index in [1.165, 1.54) is 0 Å². The highest BCUT2D eigenvalue weighted by Gasteiger charge is 2.23.